The van der Waals surface area contributed by atoms with Crippen LogP contribution in [0, 0.1) is 0 Å². The average molecular weight is 361 g/mol. The fourth-order valence-electron chi connectivity index (χ4n) is 3.19. The summed E-state index contributed by atoms with van der Waals surface area (Å²) < 4.78 is 0. The van der Waals surface area contributed by atoms with E-state index in [1.165, 1.54) is 0 Å². The van der Waals surface area contributed by atoms with Gasteiger partial charge in [0.25, 0.3) is 0 Å². The number of H-pyrrole nitrogens is 1. The number of nitrogens with zero attached hydrogens (tertiary/aromatic N) is 4. The summed E-state index contributed by atoms with van der Waals surface area (Å²) in [6, 6.07) is 8.06. The van der Waals surface area contributed by atoms with Gasteiger partial charge in [0.2, 0.25) is 5.95 Å². The van der Waals surface area contributed by atoms with Gasteiger partial charge in [0.15, 0.2) is 0 Å². The number of anilines is 2. The first-order valence-electron chi connectivity index (χ1n) is 9.08. The summed E-state index contributed by atoms with van der Waals surface area (Å²) in [6.07, 6.45) is 8.47. The number of imidazole rings is 1. The zero-order valence-corrected chi connectivity index (χ0v) is 14.6. The van der Waals surface area contributed by atoms with Gasteiger partial charge in [0.05, 0.1) is 16.7 Å². The number of aromatic nitrogens is 3. The Hall–Kier alpha value is -3.42. The molecule has 3 heterocycles. The molecule has 8 heteroatoms. The van der Waals surface area contributed by atoms with Crippen molar-refractivity contribution in [2.75, 3.05) is 16.9 Å². The normalized spacial score (nSPS) is 16.1. The van der Waals surface area contributed by atoms with Crippen molar-refractivity contribution in [3.63, 3.8) is 0 Å². The smallest absolute Gasteiger partial charge is 0.321 e. The molecule has 2 amide bonds. The first-order valence-corrected chi connectivity index (χ1v) is 9.08. The number of rotatable bonds is 4. The van der Waals surface area contributed by atoms with Crippen LogP contribution in [0.1, 0.15) is 19.3 Å². The zero-order valence-electron chi connectivity index (χ0n) is 14.6. The zero-order chi connectivity index (χ0) is 18.2. The lowest BCUT2D eigenvalue weighted by Gasteiger charge is -2.16. The summed E-state index contributed by atoms with van der Waals surface area (Å²) >= 11 is 0. The van der Waals surface area contributed by atoms with Gasteiger partial charge in [-0.1, -0.05) is 6.07 Å². The Morgan fingerprint density at radius 2 is 2.19 bits per heavy atom. The number of pyridine rings is 1. The van der Waals surface area contributed by atoms with Gasteiger partial charge < -0.3 is 10.3 Å². The highest BCUT2D eigenvalue weighted by Crippen LogP contribution is 2.33. The van der Waals surface area contributed by atoms with E-state index in [0.717, 1.165) is 53.7 Å². The van der Waals surface area contributed by atoms with Crippen LogP contribution in [0.25, 0.3) is 22.2 Å². The van der Waals surface area contributed by atoms with Gasteiger partial charge in [-0.05, 0) is 36.6 Å². The lowest BCUT2D eigenvalue weighted by molar-refractivity contribution is 0.251. The molecule has 1 aromatic carbocycles. The number of fused-ring (bicyclic) bond motifs is 1. The van der Waals surface area contributed by atoms with E-state index in [1.807, 2.05) is 35.6 Å². The topological polar surface area (TPSA) is 98.3 Å². The van der Waals surface area contributed by atoms with Crippen molar-refractivity contribution in [1.29, 1.82) is 0 Å². The van der Waals surface area contributed by atoms with Gasteiger partial charge in [0, 0.05) is 43.2 Å². The molecule has 1 fully saturated rings. The molecule has 0 spiro atoms. The molecule has 8 nitrogen and oxygen atoms in total. The monoisotopic (exact) mass is 361 g/mol. The molecule has 1 saturated carbocycles. The molecular weight excluding hydrogens is 342 g/mol. The Bertz CT molecular complexity index is 1020. The molecule has 3 N–H and O–H groups in total. The van der Waals surface area contributed by atoms with E-state index >= 15 is 0 Å². The first-order chi connectivity index (χ1) is 13.3. The second-order valence-corrected chi connectivity index (χ2v) is 6.80. The molecule has 0 unspecified atom stereocenters. The minimum atomic E-state index is -0.232. The lowest BCUT2D eigenvalue weighted by Crippen LogP contribution is -2.30. The third kappa shape index (κ3) is 3.21. The minimum absolute atomic E-state index is 0.232. The van der Waals surface area contributed by atoms with E-state index < -0.39 is 0 Å². The Kier molecular flexibility index (Phi) is 3.74. The fourth-order valence-corrected chi connectivity index (χ4v) is 3.19. The van der Waals surface area contributed by atoms with Crippen LogP contribution >= 0.6 is 0 Å². The molecule has 0 bridgehead atoms. The maximum atomic E-state index is 12.0. The van der Waals surface area contributed by atoms with Gasteiger partial charge in [-0.2, -0.15) is 5.10 Å². The molecule has 0 saturated heterocycles. The standard InChI is InChI=1S/C19H19N7O/c27-19(22-14-4-5-14)25-18-23-15-9-13(12-3-1-6-20-11-12)10-16(17(15)24-18)26-8-2-7-21-26/h1,3,6-7,9-11,14H,2,4-5,8H2,(H3,22,23,24,25,27). The van der Waals surface area contributed by atoms with Crippen LogP contribution in [0.4, 0.5) is 16.4 Å². The van der Waals surface area contributed by atoms with Crippen molar-refractivity contribution < 1.29 is 4.79 Å². The summed E-state index contributed by atoms with van der Waals surface area (Å²) in [5.74, 6) is 0.427. The molecule has 5 rings (SSSR count). The summed E-state index contributed by atoms with van der Waals surface area (Å²) in [4.78, 5) is 24.1. The Labute approximate surface area is 155 Å². The second-order valence-electron chi connectivity index (χ2n) is 6.80. The van der Waals surface area contributed by atoms with Crippen molar-refractivity contribution in [3.05, 3.63) is 36.7 Å². The third-order valence-corrected chi connectivity index (χ3v) is 4.68. The van der Waals surface area contributed by atoms with E-state index in [1.54, 1.807) is 6.20 Å². The van der Waals surface area contributed by atoms with Crippen molar-refractivity contribution in [1.82, 2.24) is 20.3 Å². The SMILES string of the molecule is O=C(Nc1nc2cc(-c3cccnc3)cc(N3CCC=N3)c2[nH]1)NC1CC1. The van der Waals surface area contributed by atoms with Crippen LogP contribution in [0.2, 0.25) is 0 Å². The fraction of sp³-hybridized carbons (Fsp3) is 0.263. The van der Waals surface area contributed by atoms with Crippen LogP contribution in [0.3, 0.4) is 0 Å². The van der Waals surface area contributed by atoms with Crippen molar-refractivity contribution >= 4 is 34.9 Å². The van der Waals surface area contributed by atoms with E-state index in [0.29, 0.717) is 12.0 Å². The molecule has 0 atom stereocenters. The highest BCUT2D eigenvalue weighted by Gasteiger charge is 2.24. The molecule has 1 aliphatic heterocycles. The van der Waals surface area contributed by atoms with Crippen molar-refractivity contribution in [2.24, 2.45) is 5.10 Å². The predicted octanol–water partition coefficient (Wildman–Crippen LogP) is 3.10. The molecule has 2 aromatic heterocycles. The molecule has 27 heavy (non-hydrogen) atoms. The van der Waals surface area contributed by atoms with E-state index in [-0.39, 0.29) is 6.03 Å². The van der Waals surface area contributed by atoms with Crippen LogP contribution in [0.15, 0.2) is 41.8 Å². The first kappa shape index (κ1) is 15.8. The third-order valence-electron chi connectivity index (χ3n) is 4.68. The summed E-state index contributed by atoms with van der Waals surface area (Å²) in [5, 5.41) is 12.1. The molecule has 0 radical (unpaired) electrons. The molecule has 1 aliphatic carbocycles. The van der Waals surface area contributed by atoms with Gasteiger partial charge in [-0.3, -0.25) is 15.3 Å². The van der Waals surface area contributed by atoms with Crippen LogP contribution in [-0.2, 0) is 0 Å². The summed E-state index contributed by atoms with van der Waals surface area (Å²) in [7, 11) is 0. The summed E-state index contributed by atoms with van der Waals surface area (Å²) in [6.45, 7) is 0.815. The van der Waals surface area contributed by atoms with E-state index in [2.05, 4.69) is 36.8 Å². The largest absolute Gasteiger partial charge is 0.335 e. The number of carbonyl (C=O) groups is 1. The number of benzene rings is 1. The summed E-state index contributed by atoms with van der Waals surface area (Å²) in [5.41, 5.74) is 4.57. The highest BCUT2D eigenvalue weighted by atomic mass is 16.2. The average Bonchev–Trinajstić information content (AvgIpc) is 3.17. The number of hydrazone groups is 1. The van der Waals surface area contributed by atoms with Gasteiger partial charge >= 0.3 is 6.03 Å². The number of nitrogens with one attached hydrogen (secondary N) is 3. The Balaban J connectivity index is 1.55. The van der Waals surface area contributed by atoms with Crippen LogP contribution in [-0.4, -0.2) is 39.8 Å². The van der Waals surface area contributed by atoms with E-state index in [9.17, 15) is 4.79 Å². The number of hydrogen-bond acceptors (Lipinski definition) is 5. The number of carbonyl (C=O) groups excluding carboxylic acids is 1. The van der Waals surface area contributed by atoms with Gasteiger partial charge in [-0.15, -0.1) is 0 Å². The molecular formula is C19H19N7O. The Morgan fingerprint density at radius 3 is 2.93 bits per heavy atom. The maximum absolute atomic E-state index is 12.0. The second kappa shape index (κ2) is 6.39. The Morgan fingerprint density at radius 1 is 1.26 bits per heavy atom. The molecule has 3 aromatic rings. The lowest BCUT2D eigenvalue weighted by atomic mass is 10.1. The van der Waals surface area contributed by atoms with Crippen LogP contribution < -0.4 is 15.6 Å². The predicted molar refractivity (Wildman–Crippen MR) is 105 cm³/mol. The number of amides is 2. The van der Waals surface area contributed by atoms with E-state index in [4.69, 9.17) is 0 Å². The van der Waals surface area contributed by atoms with Crippen molar-refractivity contribution in [3.8, 4) is 11.1 Å². The number of urea groups is 1. The van der Waals surface area contributed by atoms with Gasteiger partial charge in [-0.25, -0.2) is 9.78 Å². The molecule has 2 aliphatic rings. The molecule has 136 valence electrons. The van der Waals surface area contributed by atoms with Crippen LogP contribution in [0.5, 0.6) is 0 Å². The minimum Gasteiger partial charge on any atom is -0.335 e. The quantitative estimate of drug-likeness (QED) is 0.665. The highest BCUT2D eigenvalue weighted by molar-refractivity contribution is 5.97. The maximum Gasteiger partial charge on any atom is 0.321 e. The number of hydrogen-bond donors (Lipinski definition) is 3. The van der Waals surface area contributed by atoms with Crippen molar-refractivity contribution in [2.45, 2.75) is 25.3 Å². The van der Waals surface area contributed by atoms with Gasteiger partial charge in [0.1, 0.15) is 0 Å². The number of aromatic amines is 1.